The molecular formula is C30H35N3O2. The fourth-order valence-electron chi connectivity index (χ4n) is 4.82. The van der Waals surface area contributed by atoms with Gasteiger partial charge in [-0.05, 0) is 74.6 Å². The van der Waals surface area contributed by atoms with E-state index in [2.05, 4.69) is 67.1 Å². The van der Waals surface area contributed by atoms with Crippen molar-refractivity contribution in [1.82, 2.24) is 14.9 Å². The number of unbranched alkanes of at least 4 members (excludes halogenated alkanes) is 2. The second kappa shape index (κ2) is 11.2. The number of fused-ring (bicyclic) bond motifs is 1. The van der Waals surface area contributed by atoms with Crippen LogP contribution in [0.4, 0.5) is 0 Å². The highest BCUT2D eigenvalue weighted by Crippen LogP contribution is 2.23. The number of methoxy groups -OCH3 is 1. The first kappa shape index (κ1) is 24.5. The van der Waals surface area contributed by atoms with Crippen LogP contribution in [0.3, 0.4) is 0 Å². The molecule has 0 radical (unpaired) electrons. The Morgan fingerprint density at radius 1 is 0.943 bits per heavy atom. The Morgan fingerprint density at radius 2 is 1.66 bits per heavy atom. The van der Waals surface area contributed by atoms with Crippen molar-refractivity contribution < 1.29 is 9.53 Å². The van der Waals surface area contributed by atoms with Gasteiger partial charge in [-0.3, -0.25) is 4.79 Å². The lowest BCUT2D eigenvalue weighted by Crippen LogP contribution is -2.24. The average Bonchev–Trinajstić information content (AvgIpc) is 3.20. The number of carbonyl (C=O) groups excluding carboxylic acids is 1. The number of para-hydroxylation sites is 3. The van der Waals surface area contributed by atoms with Gasteiger partial charge >= 0.3 is 0 Å². The van der Waals surface area contributed by atoms with Crippen molar-refractivity contribution in [3.8, 4) is 5.75 Å². The van der Waals surface area contributed by atoms with Crippen LogP contribution in [-0.4, -0.2) is 29.1 Å². The van der Waals surface area contributed by atoms with Crippen LogP contribution in [0.5, 0.6) is 5.75 Å². The first-order valence-corrected chi connectivity index (χ1v) is 12.4. The summed E-state index contributed by atoms with van der Waals surface area (Å²) in [7, 11) is 1.58. The molecule has 0 aliphatic rings. The van der Waals surface area contributed by atoms with Crippen molar-refractivity contribution in [2.75, 3.05) is 13.7 Å². The van der Waals surface area contributed by atoms with Gasteiger partial charge in [-0.25, -0.2) is 4.98 Å². The zero-order chi connectivity index (χ0) is 24.8. The molecule has 0 aliphatic carbocycles. The molecule has 1 amide bonds. The summed E-state index contributed by atoms with van der Waals surface area (Å²) < 4.78 is 7.67. The number of benzene rings is 3. The van der Waals surface area contributed by atoms with E-state index in [0.717, 1.165) is 43.6 Å². The maximum atomic E-state index is 12.5. The number of hydrogen-bond donors (Lipinski definition) is 1. The first-order chi connectivity index (χ1) is 17.0. The highest BCUT2D eigenvalue weighted by Gasteiger charge is 2.14. The van der Waals surface area contributed by atoms with Gasteiger partial charge in [0.15, 0.2) is 0 Å². The van der Waals surface area contributed by atoms with E-state index in [9.17, 15) is 4.79 Å². The molecule has 1 heterocycles. The number of amides is 1. The Bertz CT molecular complexity index is 1300. The van der Waals surface area contributed by atoms with Gasteiger partial charge in [0.25, 0.3) is 5.91 Å². The topological polar surface area (TPSA) is 56.1 Å². The second-order valence-electron chi connectivity index (χ2n) is 9.25. The highest BCUT2D eigenvalue weighted by molar-refractivity contribution is 5.96. The standard InChI is InChI=1S/C30H35N3O2/c1-21-18-22(2)25(23(3)19-21)20-33-27-14-9-8-13-26(27)32-29(33)16-6-5-11-17-31-30(34)24-12-7-10-15-28(24)35-4/h7-10,12-15,18-19H,5-6,11,16-17,20H2,1-4H3,(H,31,34). The Balaban J connectivity index is 1.37. The Hall–Kier alpha value is -3.60. The summed E-state index contributed by atoms with van der Waals surface area (Å²) in [5.74, 6) is 1.64. The van der Waals surface area contributed by atoms with Gasteiger partial charge in [0.1, 0.15) is 11.6 Å². The minimum atomic E-state index is -0.0897. The van der Waals surface area contributed by atoms with Gasteiger partial charge in [0.2, 0.25) is 0 Å². The van der Waals surface area contributed by atoms with Crippen LogP contribution in [-0.2, 0) is 13.0 Å². The molecule has 0 aliphatic heterocycles. The molecule has 4 rings (SSSR count). The van der Waals surface area contributed by atoms with Gasteiger partial charge < -0.3 is 14.6 Å². The van der Waals surface area contributed by atoms with E-state index in [-0.39, 0.29) is 5.91 Å². The molecule has 0 saturated heterocycles. The first-order valence-electron chi connectivity index (χ1n) is 12.4. The highest BCUT2D eigenvalue weighted by atomic mass is 16.5. The van der Waals surface area contributed by atoms with Crippen LogP contribution in [0.25, 0.3) is 11.0 Å². The molecule has 0 fully saturated rings. The molecule has 182 valence electrons. The Labute approximate surface area is 208 Å². The summed E-state index contributed by atoms with van der Waals surface area (Å²) in [5, 5.41) is 3.02. The molecule has 1 N–H and O–H groups in total. The summed E-state index contributed by atoms with van der Waals surface area (Å²) in [4.78, 5) is 17.4. The minimum absolute atomic E-state index is 0.0897. The smallest absolute Gasteiger partial charge is 0.255 e. The molecule has 35 heavy (non-hydrogen) atoms. The molecule has 4 aromatic rings. The minimum Gasteiger partial charge on any atom is -0.496 e. The Morgan fingerprint density at radius 3 is 2.43 bits per heavy atom. The molecule has 0 saturated carbocycles. The predicted octanol–water partition coefficient (Wildman–Crippen LogP) is 6.16. The number of aryl methyl sites for hydroxylation is 4. The molecule has 0 spiro atoms. The maximum Gasteiger partial charge on any atom is 0.255 e. The number of hydrogen-bond acceptors (Lipinski definition) is 3. The van der Waals surface area contributed by atoms with Crippen molar-refractivity contribution in [2.24, 2.45) is 0 Å². The van der Waals surface area contributed by atoms with E-state index in [1.165, 1.54) is 27.8 Å². The van der Waals surface area contributed by atoms with Crippen LogP contribution in [0, 0.1) is 20.8 Å². The fraction of sp³-hybridized carbons (Fsp3) is 0.333. The third-order valence-electron chi connectivity index (χ3n) is 6.60. The van der Waals surface area contributed by atoms with Crippen LogP contribution < -0.4 is 10.1 Å². The summed E-state index contributed by atoms with van der Waals surface area (Å²) in [6, 6.07) is 20.2. The summed E-state index contributed by atoms with van der Waals surface area (Å²) in [5.41, 5.74) is 8.15. The second-order valence-corrected chi connectivity index (χ2v) is 9.25. The molecule has 0 atom stereocenters. The van der Waals surface area contributed by atoms with E-state index >= 15 is 0 Å². The van der Waals surface area contributed by atoms with E-state index in [0.29, 0.717) is 17.9 Å². The molecule has 5 nitrogen and oxygen atoms in total. The van der Waals surface area contributed by atoms with E-state index in [1.807, 2.05) is 12.1 Å². The van der Waals surface area contributed by atoms with E-state index in [4.69, 9.17) is 9.72 Å². The molecule has 5 heteroatoms. The summed E-state index contributed by atoms with van der Waals surface area (Å²) >= 11 is 0. The molecule has 1 aromatic heterocycles. The predicted molar refractivity (Wildman–Crippen MR) is 142 cm³/mol. The van der Waals surface area contributed by atoms with Crippen molar-refractivity contribution in [3.63, 3.8) is 0 Å². The third-order valence-corrected chi connectivity index (χ3v) is 6.60. The van der Waals surface area contributed by atoms with Crippen molar-refractivity contribution >= 4 is 16.9 Å². The number of imidazole rings is 1. The molecular weight excluding hydrogens is 434 g/mol. The van der Waals surface area contributed by atoms with Gasteiger partial charge in [-0.15, -0.1) is 0 Å². The zero-order valence-corrected chi connectivity index (χ0v) is 21.2. The maximum absolute atomic E-state index is 12.5. The number of aromatic nitrogens is 2. The monoisotopic (exact) mass is 469 g/mol. The van der Waals surface area contributed by atoms with Crippen LogP contribution >= 0.6 is 0 Å². The van der Waals surface area contributed by atoms with Gasteiger partial charge in [-0.2, -0.15) is 0 Å². The molecule has 3 aromatic carbocycles. The molecule has 0 bridgehead atoms. The number of ether oxygens (including phenoxy) is 1. The quantitative estimate of drug-likeness (QED) is 0.283. The number of rotatable bonds is 10. The number of nitrogens with zero attached hydrogens (tertiary/aromatic N) is 2. The largest absolute Gasteiger partial charge is 0.496 e. The number of carbonyl (C=O) groups is 1. The van der Waals surface area contributed by atoms with Crippen molar-refractivity contribution in [3.05, 3.63) is 94.3 Å². The lowest BCUT2D eigenvalue weighted by Gasteiger charge is -2.15. The normalized spacial score (nSPS) is 11.1. The number of nitrogens with one attached hydrogen (secondary N) is 1. The third kappa shape index (κ3) is 5.73. The lowest BCUT2D eigenvalue weighted by atomic mass is 9.99. The van der Waals surface area contributed by atoms with Gasteiger partial charge in [-0.1, -0.05) is 48.4 Å². The molecule has 0 unspecified atom stereocenters. The van der Waals surface area contributed by atoms with Crippen LogP contribution in [0.2, 0.25) is 0 Å². The van der Waals surface area contributed by atoms with Gasteiger partial charge in [0.05, 0.1) is 23.7 Å². The van der Waals surface area contributed by atoms with Gasteiger partial charge in [0, 0.05) is 19.5 Å². The lowest BCUT2D eigenvalue weighted by molar-refractivity contribution is 0.0950. The summed E-state index contributed by atoms with van der Waals surface area (Å²) in [6.07, 6.45) is 3.90. The SMILES string of the molecule is COc1ccccc1C(=O)NCCCCCc1nc2ccccc2n1Cc1c(C)cc(C)cc1C. The summed E-state index contributed by atoms with van der Waals surface area (Å²) in [6.45, 7) is 8.04. The van der Waals surface area contributed by atoms with Crippen LogP contribution in [0.1, 0.15) is 57.7 Å². The van der Waals surface area contributed by atoms with Crippen molar-refractivity contribution in [1.29, 1.82) is 0 Å². The van der Waals surface area contributed by atoms with E-state index in [1.54, 1.807) is 19.2 Å². The average molecular weight is 470 g/mol. The zero-order valence-electron chi connectivity index (χ0n) is 21.2. The van der Waals surface area contributed by atoms with Crippen LogP contribution in [0.15, 0.2) is 60.7 Å². The van der Waals surface area contributed by atoms with E-state index < -0.39 is 0 Å². The Kier molecular flexibility index (Phi) is 7.86. The fourth-order valence-corrected chi connectivity index (χ4v) is 4.82. The van der Waals surface area contributed by atoms with Crippen molar-refractivity contribution in [2.45, 2.75) is 53.0 Å².